The van der Waals surface area contributed by atoms with E-state index < -0.39 is 0 Å². The van der Waals surface area contributed by atoms with Crippen LogP contribution in [0.4, 0.5) is 11.5 Å². The first kappa shape index (κ1) is 24.4. The first-order valence-electron chi connectivity index (χ1n) is 12.2. The van der Waals surface area contributed by atoms with Crippen LogP contribution >= 0.6 is 0 Å². The molecule has 4 aromatic rings. The Kier molecular flexibility index (Phi) is 7.13. The molecule has 0 atom stereocenters. The lowest BCUT2D eigenvalue weighted by Gasteiger charge is -2.33. The summed E-state index contributed by atoms with van der Waals surface area (Å²) in [5.41, 5.74) is 3.34. The molecule has 1 fully saturated rings. The number of piperazine rings is 1. The summed E-state index contributed by atoms with van der Waals surface area (Å²) < 4.78 is 12.0. The molecule has 1 aliphatic heterocycles. The number of ether oxygens (including phenoxy) is 2. The molecule has 0 aliphatic carbocycles. The molecule has 0 spiro atoms. The Morgan fingerprint density at radius 3 is 2.65 bits per heavy atom. The fourth-order valence-corrected chi connectivity index (χ4v) is 4.21. The van der Waals surface area contributed by atoms with E-state index in [1.54, 1.807) is 13.1 Å². The van der Waals surface area contributed by atoms with Gasteiger partial charge in [0.25, 0.3) is 0 Å². The molecule has 4 heterocycles. The van der Waals surface area contributed by atoms with Crippen LogP contribution in [-0.2, 0) is 4.79 Å². The zero-order valence-corrected chi connectivity index (χ0v) is 21.2. The molecule has 0 unspecified atom stereocenters. The van der Waals surface area contributed by atoms with Crippen molar-refractivity contribution in [1.82, 2.24) is 34.9 Å². The molecular formula is C26H30N8O3. The molecule has 1 aliphatic rings. The summed E-state index contributed by atoms with van der Waals surface area (Å²) >= 11 is 0. The molecule has 0 radical (unpaired) electrons. The number of aromatic amines is 1. The van der Waals surface area contributed by atoms with Crippen LogP contribution in [0.15, 0.2) is 42.9 Å². The summed E-state index contributed by atoms with van der Waals surface area (Å²) in [5, 5.41) is 11.3. The lowest BCUT2D eigenvalue weighted by Crippen LogP contribution is -2.48. The number of rotatable bonds is 8. The van der Waals surface area contributed by atoms with Gasteiger partial charge in [0.2, 0.25) is 11.8 Å². The molecule has 1 aromatic carbocycles. The molecule has 11 nitrogen and oxygen atoms in total. The number of benzene rings is 1. The maximum absolute atomic E-state index is 11.5. The number of aromatic nitrogens is 5. The predicted octanol–water partition coefficient (Wildman–Crippen LogP) is 3.44. The van der Waals surface area contributed by atoms with Gasteiger partial charge in [-0.3, -0.25) is 19.8 Å². The van der Waals surface area contributed by atoms with Crippen molar-refractivity contribution in [1.29, 1.82) is 0 Å². The normalized spacial score (nSPS) is 14.1. The number of hydrogen-bond acceptors (Lipinski definition) is 9. The molecule has 0 saturated carbocycles. The Morgan fingerprint density at radius 2 is 1.92 bits per heavy atom. The average Bonchev–Trinajstić information content (AvgIpc) is 3.31. The largest absolute Gasteiger partial charge is 0.475 e. The van der Waals surface area contributed by atoms with Gasteiger partial charge in [0.1, 0.15) is 35.6 Å². The first-order valence-corrected chi connectivity index (χ1v) is 12.2. The Morgan fingerprint density at radius 1 is 1.08 bits per heavy atom. The highest BCUT2D eigenvalue weighted by molar-refractivity contribution is 5.92. The number of H-pyrrole nitrogens is 1. The van der Waals surface area contributed by atoms with Crippen molar-refractivity contribution in [2.75, 3.05) is 44.6 Å². The molecule has 3 aromatic heterocycles. The van der Waals surface area contributed by atoms with Crippen molar-refractivity contribution in [2.45, 2.75) is 20.8 Å². The van der Waals surface area contributed by atoms with E-state index in [2.05, 4.69) is 35.4 Å². The number of nitrogens with zero attached hydrogens (tertiary/aromatic N) is 6. The van der Waals surface area contributed by atoms with Crippen LogP contribution in [0.25, 0.3) is 11.0 Å². The van der Waals surface area contributed by atoms with Crippen molar-refractivity contribution >= 4 is 28.4 Å². The van der Waals surface area contributed by atoms with E-state index in [0.29, 0.717) is 35.1 Å². The highest BCUT2D eigenvalue weighted by Crippen LogP contribution is 2.32. The molecule has 192 valence electrons. The molecular weight excluding hydrogens is 472 g/mol. The van der Waals surface area contributed by atoms with E-state index in [9.17, 15) is 4.79 Å². The Balaban J connectivity index is 1.24. The first-order chi connectivity index (χ1) is 18.0. The fourth-order valence-electron chi connectivity index (χ4n) is 4.21. The lowest BCUT2D eigenvalue weighted by molar-refractivity contribution is -0.130. The number of amides is 1. The van der Waals surface area contributed by atoms with Gasteiger partial charge in [-0.15, -0.1) is 5.10 Å². The molecule has 11 heteroatoms. The minimum absolute atomic E-state index is 0.125. The Labute approximate surface area is 214 Å². The summed E-state index contributed by atoms with van der Waals surface area (Å²) in [4.78, 5) is 28.7. The van der Waals surface area contributed by atoms with Gasteiger partial charge in [0.05, 0.1) is 6.20 Å². The minimum atomic E-state index is 0.125. The zero-order chi connectivity index (χ0) is 25.8. The van der Waals surface area contributed by atoms with E-state index >= 15 is 0 Å². The number of carbonyl (C=O) groups excluding carboxylic acids is 1. The molecule has 37 heavy (non-hydrogen) atoms. The predicted molar refractivity (Wildman–Crippen MR) is 139 cm³/mol. The number of fused-ring (bicyclic) bond motifs is 1. The quantitative estimate of drug-likeness (QED) is 0.373. The van der Waals surface area contributed by atoms with E-state index in [1.807, 2.05) is 49.1 Å². The van der Waals surface area contributed by atoms with Crippen LogP contribution in [0.2, 0.25) is 0 Å². The van der Waals surface area contributed by atoms with Crippen molar-refractivity contribution in [2.24, 2.45) is 0 Å². The van der Waals surface area contributed by atoms with Crippen LogP contribution < -0.4 is 14.8 Å². The smallest absolute Gasteiger partial charge is 0.246 e. The van der Waals surface area contributed by atoms with Gasteiger partial charge in [0.15, 0.2) is 5.65 Å². The van der Waals surface area contributed by atoms with Crippen LogP contribution in [0, 0.1) is 13.8 Å². The highest BCUT2D eigenvalue weighted by Gasteiger charge is 2.19. The van der Waals surface area contributed by atoms with Gasteiger partial charge in [-0.1, -0.05) is 0 Å². The van der Waals surface area contributed by atoms with Gasteiger partial charge in [0, 0.05) is 51.0 Å². The maximum atomic E-state index is 11.5. The summed E-state index contributed by atoms with van der Waals surface area (Å²) in [6.45, 7) is 9.90. The van der Waals surface area contributed by atoms with E-state index in [4.69, 9.17) is 9.47 Å². The minimum Gasteiger partial charge on any atom is -0.475 e. The van der Waals surface area contributed by atoms with E-state index in [-0.39, 0.29) is 5.91 Å². The molecule has 1 amide bonds. The second kappa shape index (κ2) is 10.8. The monoisotopic (exact) mass is 502 g/mol. The third kappa shape index (κ3) is 5.78. The molecule has 0 bridgehead atoms. The maximum Gasteiger partial charge on any atom is 0.246 e. The average molecular weight is 503 g/mol. The van der Waals surface area contributed by atoms with Crippen molar-refractivity contribution in [3.63, 3.8) is 0 Å². The van der Waals surface area contributed by atoms with E-state index in [0.717, 1.165) is 55.4 Å². The lowest BCUT2D eigenvalue weighted by atomic mass is 10.2. The standard InChI is InChI=1S/C26H30N8O3/c1-17-14-20(5-7-22(17)37-21-6-4-18(2)27-15-21)30-24-23-25(29-16-28-24)31-32-26(23)36-13-12-33-8-10-34(11-9-33)19(3)35/h4-7,14-16H,8-13H2,1-3H3,(H2,28,29,30,31,32). The van der Waals surface area contributed by atoms with Gasteiger partial charge < -0.3 is 19.7 Å². The molecule has 5 rings (SSSR count). The topological polar surface area (TPSA) is 121 Å². The second-order valence-corrected chi connectivity index (χ2v) is 9.01. The van der Waals surface area contributed by atoms with Crippen molar-refractivity contribution < 1.29 is 14.3 Å². The van der Waals surface area contributed by atoms with Crippen LogP contribution in [0.3, 0.4) is 0 Å². The number of aryl methyl sites for hydroxylation is 2. The molecule has 1 saturated heterocycles. The third-order valence-electron chi connectivity index (χ3n) is 6.34. The summed E-state index contributed by atoms with van der Waals surface area (Å²) in [5.74, 6) is 2.61. The summed E-state index contributed by atoms with van der Waals surface area (Å²) in [6, 6.07) is 9.65. The van der Waals surface area contributed by atoms with Gasteiger partial charge in [-0.2, -0.15) is 0 Å². The van der Waals surface area contributed by atoms with Gasteiger partial charge in [-0.25, -0.2) is 9.97 Å². The van der Waals surface area contributed by atoms with Crippen molar-refractivity contribution in [3.05, 3.63) is 54.1 Å². The second-order valence-electron chi connectivity index (χ2n) is 9.01. The summed E-state index contributed by atoms with van der Waals surface area (Å²) in [6.07, 6.45) is 3.20. The number of nitrogens with one attached hydrogen (secondary N) is 2. The Bertz CT molecular complexity index is 1380. The van der Waals surface area contributed by atoms with Crippen LogP contribution in [-0.4, -0.2) is 80.2 Å². The van der Waals surface area contributed by atoms with Gasteiger partial charge in [-0.05, 0) is 49.7 Å². The Hall–Kier alpha value is -4.25. The van der Waals surface area contributed by atoms with Crippen LogP contribution in [0.5, 0.6) is 17.4 Å². The number of anilines is 2. The highest BCUT2D eigenvalue weighted by atomic mass is 16.5. The van der Waals surface area contributed by atoms with Crippen molar-refractivity contribution in [3.8, 4) is 17.4 Å². The van der Waals surface area contributed by atoms with E-state index in [1.165, 1.54) is 6.33 Å². The number of hydrogen-bond donors (Lipinski definition) is 2. The SMILES string of the molecule is CC(=O)N1CCN(CCOc2n[nH]c3ncnc(Nc4ccc(Oc5ccc(C)nc5)c(C)c4)c23)CC1. The number of carbonyl (C=O) groups is 1. The fraction of sp³-hybridized carbons (Fsp3) is 0.346. The van der Waals surface area contributed by atoms with Gasteiger partial charge >= 0.3 is 0 Å². The van der Waals surface area contributed by atoms with Crippen LogP contribution in [0.1, 0.15) is 18.2 Å². The third-order valence-corrected chi connectivity index (χ3v) is 6.34. The molecule has 2 N–H and O–H groups in total. The summed E-state index contributed by atoms with van der Waals surface area (Å²) in [7, 11) is 0. The zero-order valence-electron chi connectivity index (χ0n) is 21.2. The number of pyridine rings is 1.